The van der Waals surface area contributed by atoms with Crippen LogP contribution in [0.5, 0.6) is 0 Å². The minimum absolute atomic E-state index is 0.178. The zero-order valence-electron chi connectivity index (χ0n) is 11.2. The van der Waals surface area contributed by atoms with Gasteiger partial charge in [0.15, 0.2) is 0 Å². The van der Waals surface area contributed by atoms with E-state index in [1.54, 1.807) is 6.92 Å². The predicted octanol–water partition coefficient (Wildman–Crippen LogP) is 1.05. The summed E-state index contributed by atoms with van der Waals surface area (Å²) in [6.45, 7) is 2.62. The molecule has 6 heteroatoms. The first-order valence-corrected chi connectivity index (χ1v) is 6.59. The molecule has 0 aliphatic heterocycles. The topological polar surface area (TPSA) is 81.2 Å². The second-order valence-corrected chi connectivity index (χ2v) is 4.26. The summed E-state index contributed by atoms with van der Waals surface area (Å²) in [4.78, 5) is 36.1. The molecule has 1 heterocycles. The number of carbonyl (C=O) groups is 1. The lowest BCUT2D eigenvalue weighted by atomic mass is 10.2. The van der Waals surface area contributed by atoms with Crippen LogP contribution in [0.3, 0.4) is 0 Å². The number of hydrogen-bond acceptors (Lipinski definition) is 4. The van der Waals surface area contributed by atoms with Crippen molar-refractivity contribution in [3.8, 4) is 0 Å². The average molecular weight is 268 g/mol. The quantitative estimate of drug-likeness (QED) is 0.564. The van der Waals surface area contributed by atoms with Crippen LogP contribution in [0.15, 0.2) is 21.9 Å². The van der Waals surface area contributed by atoms with Crippen molar-refractivity contribution in [3.05, 3.63) is 33.1 Å². The van der Waals surface area contributed by atoms with Crippen LogP contribution in [0, 0.1) is 0 Å². The normalized spacial score (nSPS) is 10.4. The molecule has 1 aromatic rings. The molecule has 106 valence electrons. The molecular weight excluding hydrogens is 248 g/mol. The van der Waals surface area contributed by atoms with Gasteiger partial charge in [-0.15, -0.1) is 0 Å². The largest absolute Gasteiger partial charge is 0.466 e. The van der Waals surface area contributed by atoms with Crippen LogP contribution in [-0.4, -0.2) is 22.1 Å². The number of hydrogen-bond donors (Lipinski definition) is 1. The highest BCUT2D eigenvalue weighted by atomic mass is 16.5. The van der Waals surface area contributed by atoms with E-state index in [2.05, 4.69) is 4.98 Å². The molecule has 19 heavy (non-hydrogen) atoms. The molecule has 1 N–H and O–H groups in total. The highest BCUT2D eigenvalue weighted by Crippen LogP contribution is 2.01. The number of ether oxygens (including phenoxy) is 1. The van der Waals surface area contributed by atoms with Gasteiger partial charge < -0.3 is 9.72 Å². The molecule has 0 saturated carbocycles. The van der Waals surface area contributed by atoms with Crippen molar-refractivity contribution in [2.75, 3.05) is 6.61 Å². The number of aromatic nitrogens is 2. The van der Waals surface area contributed by atoms with E-state index in [9.17, 15) is 14.4 Å². The number of nitrogens with zero attached hydrogens (tertiary/aromatic N) is 1. The highest BCUT2D eigenvalue weighted by molar-refractivity contribution is 5.68. The SMILES string of the molecule is CCC(=O)OCCCCCCn1c(=O)cc[nH]c1=O. The fraction of sp³-hybridized carbons (Fsp3) is 0.615. The molecule has 0 fully saturated rings. The lowest BCUT2D eigenvalue weighted by Crippen LogP contribution is -2.33. The fourth-order valence-corrected chi connectivity index (χ4v) is 1.68. The molecule has 0 spiro atoms. The highest BCUT2D eigenvalue weighted by Gasteiger charge is 2.00. The van der Waals surface area contributed by atoms with Gasteiger partial charge in [-0.25, -0.2) is 4.79 Å². The van der Waals surface area contributed by atoms with Crippen LogP contribution in [0.2, 0.25) is 0 Å². The van der Waals surface area contributed by atoms with E-state index in [4.69, 9.17) is 4.74 Å². The van der Waals surface area contributed by atoms with Gasteiger partial charge in [0.25, 0.3) is 5.56 Å². The minimum atomic E-state index is -0.371. The van der Waals surface area contributed by atoms with Gasteiger partial charge in [-0.05, 0) is 19.3 Å². The summed E-state index contributed by atoms with van der Waals surface area (Å²) in [5.74, 6) is -0.178. The fourth-order valence-electron chi connectivity index (χ4n) is 1.68. The van der Waals surface area contributed by atoms with Crippen LogP contribution in [0.1, 0.15) is 39.0 Å². The summed E-state index contributed by atoms with van der Waals surface area (Å²) in [6.07, 6.45) is 5.13. The Bertz CT molecular complexity index is 476. The monoisotopic (exact) mass is 268 g/mol. The van der Waals surface area contributed by atoms with Gasteiger partial charge in [-0.2, -0.15) is 0 Å². The molecule has 0 aliphatic carbocycles. The van der Waals surface area contributed by atoms with Crippen LogP contribution in [0.4, 0.5) is 0 Å². The lowest BCUT2D eigenvalue weighted by Gasteiger charge is -2.04. The van der Waals surface area contributed by atoms with Crippen molar-refractivity contribution >= 4 is 5.97 Å². The van der Waals surface area contributed by atoms with Gasteiger partial charge in [0.05, 0.1) is 6.61 Å². The number of unbranched alkanes of at least 4 members (excludes halogenated alkanes) is 3. The van der Waals surface area contributed by atoms with E-state index < -0.39 is 0 Å². The van der Waals surface area contributed by atoms with Crippen LogP contribution in [0.25, 0.3) is 0 Å². The first kappa shape index (κ1) is 15.2. The van der Waals surface area contributed by atoms with Crippen LogP contribution in [-0.2, 0) is 16.1 Å². The number of carbonyl (C=O) groups excluding carboxylic acids is 1. The summed E-state index contributed by atoms with van der Waals surface area (Å²) in [5, 5.41) is 0. The molecule has 0 aliphatic rings. The van der Waals surface area contributed by atoms with Crippen molar-refractivity contribution in [3.63, 3.8) is 0 Å². The molecule has 0 saturated heterocycles. The summed E-state index contributed by atoms with van der Waals surface area (Å²) in [7, 11) is 0. The Hall–Kier alpha value is -1.85. The van der Waals surface area contributed by atoms with Crippen molar-refractivity contribution < 1.29 is 9.53 Å². The summed E-state index contributed by atoms with van der Waals surface area (Å²) >= 11 is 0. The van der Waals surface area contributed by atoms with E-state index in [-0.39, 0.29) is 17.2 Å². The smallest absolute Gasteiger partial charge is 0.328 e. The second kappa shape index (κ2) is 8.29. The maximum atomic E-state index is 11.4. The maximum absolute atomic E-state index is 11.4. The number of nitrogens with one attached hydrogen (secondary N) is 1. The molecule has 0 atom stereocenters. The van der Waals surface area contributed by atoms with E-state index >= 15 is 0 Å². The van der Waals surface area contributed by atoms with Gasteiger partial charge in [0.1, 0.15) is 0 Å². The van der Waals surface area contributed by atoms with Gasteiger partial charge in [0, 0.05) is 25.2 Å². The van der Waals surface area contributed by atoms with Crippen molar-refractivity contribution in [2.45, 2.75) is 45.6 Å². The third-order valence-corrected chi connectivity index (χ3v) is 2.77. The van der Waals surface area contributed by atoms with E-state index in [0.29, 0.717) is 19.6 Å². The Morgan fingerprint density at radius 1 is 1.26 bits per heavy atom. The first-order valence-electron chi connectivity index (χ1n) is 6.59. The molecule has 0 unspecified atom stereocenters. The van der Waals surface area contributed by atoms with Gasteiger partial charge in [0.2, 0.25) is 0 Å². The van der Waals surface area contributed by atoms with E-state index in [1.807, 2.05) is 0 Å². The minimum Gasteiger partial charge on any atom is -0.466 e. The predicted molar refractivity (Wildman–Crippen MR) is 71.0 cm³/mol. The standard InChI is InChI=1S/C13H20N2O4/c1-2-12(17)19-10-6-4-3-5-9-15-11(16)7-8-14-13(15)18/h7-8H,2-6,9-10H2,1H3,(H,14,18). The molecule has 0 bridgehead atoms. The maximum Gasteiger partial charge on any atom is 0.328 e. The number of esters is 1. The van der Waals surface area contributed by atoms with Crippen molar-refractivity contribution in [1.82, 2.24) is 9.55 Å². The zero-order valence-corrected chi connectivity index (χ0v) is 11.2. The summed E-state index contributed by atoms with van der Waals surface area (Å²) < 4.78 is 6.14. The number of H-pyrrole nitrogens is 1. The Kier molecular flexibility index (Phi) is 6.63. The van der Waals surface area contributed by atoms with Crippen LogP contribution >= 0.6 is 0 Å². The van der Waals surface area contributed by atoms with Gasteiger partial charge in [-0.1, -0.05) is 13.3 Å². The molecular formula is C13H20N2O4. The van der Waals surface area contributed by atoms with Gasteiger partial charge in [-0.3, -0.25) is 14.2 Å². The van der Waals surface area contributed by atoms with Crippen molar-refractivity contribution in [2.24, 2.45) is 0 Å². The summed E-state index contributed by atoms with van der Waals surface area (Å²) in [6, 6.07) is 1.34. The Morgan fingerprint density at radius 2 is 2.00 bits per heavy atom. The Morgan fingerprint density at radius 3 is 2.68 bits per heavy atom. The lowest BCUT2D eigenvalue weighted by molar-refractivity contribution is -0.143. The van der Waals surface area contributed by atoms with Crippen molar-refractivity contribution in [1.29, 1.82) is 0 Å². The molecule has 6 nitrogen and oxygen atoms in total. The van der Waals surface area contributed by atoms with Crippen LogP contribution < -0.4 is 11.2 Å². The zero-order chi connectivity index (χ0) is 14.1. The average Bonchev–Trinajstić information content (AvgIpc) is 2.40. The Balaban J connectivity index is 2.16. The molecule has 1 rings (SSSR count). The second-order valence-electron chi connectivity index (χ2n) is 4.26. The van der Waals surface area contributed by atoms with Gasteiger partial charge >= 0.3 is 11.7 Å². The number of aromatic amines is 1. The third-order valence-electron chi connectivity index (χ3n) is 2.77. The third kappa shape index (κ3) is 5.54. The molecule has 0 amide bonds. The molecule has 0 radical (unpaired) electrons. The number of rotatable bonds is 8. The van der Waals surface area contributed by atoms with E-state index in [0.717, 1.165) is 25.7 Å². The first-order chi connectivity index (χ1) is 9.15. The van der Waals surface area contributed by atoms with E-state index in [1.165, 1.54) is 16.8 Å². The summed E-state index contributed by atoms with van der Waals surface area (Å²) in [5.41, 5.74) is -0.648. The molecule has 0 aromatic carbocycles. The Labute approximate surface area is 111 Å². The molecule has 1 aromatic heterocycles.